The Bertz CT molecular complexity index is 370. The monoisotopic (exact) mass is 234 g/mol. The van der Waals surface area contributed by atoms with Crippen molar-refractivity contribution >= 4 is 5.91 Å². The van der Waals surface area contributed by atoms with Crippen molar-refractivity contribution in [3.8, 4) is 0 Å². The van der Waals surface area contributed by atoms with Crippen LogP contribution in [0.5, 0.6) is 0 Å². The molecule has 92 valence electrons. The first-order valence-corrected chi connectivity index (χ1v) is 6.04. The van der Waals surface area contributed by atoms with Crippen LogP contribution < -0.4 is 5.32 Å². The maximum atomic E-state index is 11.8. The molecule has 1 aromatic heterocycles. The van der Waals surface area contributed by atoms with Crippen LogP contribution in [0.1, 0.15) is 28.9 Å². The zero-order chi connectivity index (χ0) is 12.1. The lowest BCUT2D eigenvalue weighted by Gasteiger charge is -2.22. The van der Waals surface area contributed by atoms with E-state index in [1.54, 1.807) is 6.20 Å². The number of aryl methyl sites for hydroxylation is 1. The number of rotatable bonds is 3. The quantitative estimate of drug-likeness (QED) is 0.863. The number of carbonyl (C=O) groups is 1. The normalized spacial score (nSPS) is 16.8. The Kier molecular flexibility index (Phi) is 4.09. The van der Waals surface area contributed by atoms with Crippen LogP contribution >= 0.6 is 0 Å². The third-order valence-corrected chi connectivity index (χ3v) is 3.07. The summed E-state index contributed by atoms with van der Waals surface area (Å²) in [4.78, 5) is 15.9. The number of amides is 1. The van der Waals surface area contributed by atoms with Crippen LogP contribution in [0.25, 0.3) is 0 Å². The maximum absolute atomic E-state index is 11.8. The maximum Gasteiger partial charge on any atom is 0.252 e. The fourth-order valence-electron chi connectivity index (χ4n) is 1.89. The molecule has 2 heterocycles. The van der Waals surface area contributed by atoms with Crippen molar-refractivity contribution < 1.29 is 9.53 Å². The van der Waals surface area contributed by atoms with Gasteiger partial charge < -0.3 is 10.1 Å². The van der Waals surface area contributed by atoms with E-state index in [9.17, 15) is 4.79 Å². The Morgan fingerprint density at radius 2 is 2.24 bits per heavy atom. The summed E-state index contributed by atoms with van der Waals surface area (Å²) in [5.41, 5.74) is 1.55. The molecule has 0 saturated carbocycles. The summed E-state index contributed by atoms with van der Waals surface area (Å²) in [5, 5.41) is 2.95. The van der Waals surface area contributed by atoms with Crippen LogP contribution in [-0.4, -0.2) is 30.6 Å². The first-order chi connectivity index (χ1) is 8.25. The highest BCUT2D eigenvalue weighted by atomic mass is 16.5. The molecule has 0 aromatic carbocycles. The summed E-state index contributed by atoms with van der Waals surface area (Å²) in [5.74, 6) is 0.509. The third-order valence-electron chi connectivity index (χ3n) is 3.07. The van der Waals surface area contributed by atoms with Crippen LogP contribution in [0.4, 0.5) is 0 Å². The zero-order valence-corrected chi connectivity index (χ0v) is 10.1. The predicted molar refractivity (Wildman–Crippen MR) is 64.9 cm³/mol. The fraction of sp³-hybridized carbons (Fsp3) is 0.538. The lowest BCUT2D eigenvalue weighted by atomic mass is 10.0. The van der Waals surface area contributed by atoms with E-state index in [-0.39, 0.29) is 5.91 Å². The second-order valence-electron chi connectivity index (χ2n) is 4.45. The predicted octanol–water partition coefficient (Wildman–Crippen LogP) is 1.55. The number of aromatic nitrogens is 1. The first-order valence-electron chi connectivity index (χ1n) is 6.04. The standard InChI is InChI=1S/C13H18N2O2/c1-10-2-3-12(9-14-10)13(16)15-8-11-4-6-17-7-5-11/h2-3,9,11H,4-8H2,1H3,(H,15,16). The molecule has 1 N–H and O–H groups in total. The SMILES string of the molecule is Cc1ccc(C(=O)NCC2CCOCC2)cn1. The van der Waals surface area contributed by atoms with Crippen LogP contribution in [0, 0.1) is 12.8 Å². The van der Waals surface area contributed by atoms with Crippen molar-refractivity contribution in [2.45, 2.75) is 19.8 Å². The summed E-state index contributed by atoms with van der Waals surface area (Å²) >= 11 is 0. The molecule has 4 nitrogen and oxygen atoms in total. The van der Waals surface area contributed by atoms with Gasteiger partial charge in [-0.2, -0.15) is 0 Å². The van der Waals surface area contributed by atoms with Gasteiger partial charge in [0, 0.05) is 31.6 Å². The Hall–Kier alpha value is -1.42. The second kappa shape index (κ2) is 5.77. The third kappa shape index (κ3) is 3.53. The molecule has 0 atom stereocenters. The van der Waals surface area contributed by atoms with E-state index >= 15 is 0 Å². The van der Waals surface area contributed by atoms with Crippen LogP contribution in [-0.2, 0) is 4.74 Å². The van der Waals surface area contributed by atoms with Crippen molar-refractivity contribution in [1.82, 2.24) is 10.3 Å². The van der Waals surface area contributed by atoms with E-state index in [0.717, 1.165) is 38.3 Å². The number of hydrogen-bond donors (Lipinski definition) is 1. The van der Waals surface area contributed by atoms with Crippen LogP contribution in [0.3, 0.4) is 0 Å². The molecular formula is C13H18N2O2. The lowest BCUT2D eigenvalue weighted by Crippen LogP contribution is -2.32. The highest BCUT2D eigenvalue weighted by molar-refractivity contribution is 5.93. The molecule has 1 amide bonds. The van der Waals surface area contributed by atoms with Crippen molar-refractivity contribution in [2.75, 3.05) is 19.8 Å². The number of hydrogen-bond acceptors (Lipinski definition) is 3. The van der Waals surface area contributed by atoms with E-state index in [2.05, 4.69) is 10.3 Å². The molecule has 0 radical (unpaired) electrons. The van der Waals surface area contributed by atoms with Crippen molar-refractivity contribution in [3.63, 3.8) is 0 Å². The number of ether oxygens (including phenoxy) is 1. The average Bonchev–Trinajstić information content (AvgIpc) is 2.38. The Morgan fingerprint density at radius 1 is 1.47 bits per heavy atom. The molecular weight excluding hydrogens is 216 g/mol. The molecule has 0 unspecified atom stereocenters. The van der Waals surface area contributed by atoms with E-state index in [1.165, 1.54) is 0 Å². The number of nitrogens with zero attached hydrogens (tertiary/aromatic N) is 1. The largest absolute Gasteiger partial charge is 0.381 e. The van der Waals surface area contributed by atoms with E-state index in [4.69, 9.17) is 4.74 Å². The van der Waals surface area contributed by atoms with Gasteiger partial charge in [0.25, 0.3) is 5.91 Å². The van der Waals surface area contributed by atoms with Gasteiger partial charge in [0.05, 0.1) is 5.56 Å². The minimum atomic E-state index is -0.0380. The molecule has 1 aliphatic heterocycles. The molecule has 0 aliphatic carbocycles. The molecule has 17 heavy (non-hydrogen) atoms. The van der Waals surface area contributed by atoms with E-state index < -0.39 is 0 Å². The van der Waals surface area contributed by atoms with Gasteiger partial charge in [-0.15, -0.1) is 0 Å². The highest BCUT2D eigenvalue weighted by Crippen LogP contribution is 2.13. The molecule has 1 saturated heterocycles. The van der Waals surface area contributed by atoms with E-state index in [1.807, 2.05) is 19.1 Å². The number of nitrogens with one attached hydrogen (secondary N) is 1. The van der Waals surface area contributed by atoms with Gasteiger partial charge in [-0.3, -0.25) is 9.78 Å². The molecule has 0 bridgehead atoms. The summed E-state index contributed by atoms with van der Waals surface area (Å²) in [6, 6.07) is 3.66. The highest BCUT2D eigenvalue weighted by Gasteiger charge is 2.15. The van der Waals surface area contributed by atoms with Crippen molar-refractivity contribution in [1.29, 1.82) is 0 Å². The van der Waals surface area contributed by atoms with Gasteiger partial charge in [-0.05, 0) is 37.8 Å². The molecule has 0 spiro atoms. The molecule has 1 aromatic rings. The van der Waals surface area contributed by atoms with Gasteiger partial charge in [-0.1, -0.05) is 0 Å². The van der Waals surface area contributed by atoms with Crippen molar-refractivity contribution in [2.24, 2.45) is 5.92 Å². The fourth-order valence-corrected chi connectivity index (χ4v) is 1.89. The summed E-state index contributed by atoms with van der Waals surface area (Å²) in [6.07, 6.45) is 3.69. The topological polar surface area (TPSA) is 51.2 Å². The van der Waals surface area contributed by atoms with Gasteiger partial charge >= 0.3 is 0 Å². The van der Waals surface area contributed by atoms with Crippen molar-refractivity contribution in [3.05, 3.63) is 29.6 Å². The number of carbonyl (C=O) groups excluding carboxylic acids is 1. The molecule has 2 rings (SSSR count). The Balaban J connectivity index is 1.82. The van der Waals surface area contributed by atoms with E-state index in [0.29, 0.717) is 11.5 Å². The van der Waals surface area contributed by atoms with Gasteiger partial charge in [0.1, 0.15) is 0 Å². The second-order valence-corrected chi connectivity index (χ2v) is 4.45. The smallest absolute Gasteiger partial charge is 0.252 e. The van der Waals surface area contributed by atoms with Crippen LogP contribution in [0.2, 0.25) is 0 Å². The summed E-state index contributed by atoms with van der Waals surface area (Å²) in [7, 11) is 0. The Labute approximate surface area is 101 Å². The molecule has 1 aliphatic rings. The summed E-state index contributed by atoms with van der Waals surface area (Å²) < 4.78 is 5.28. The average molecular weight is 234 g/mol. The molecule has 4 heteroatoms. The molecule has 1 fully saturated rings. The lowest BCUT2D eigenvalue weighted by molar-refractivity contribution is 0.0642. The van der Waals surface area contributed by atoms with Gasteiger partial charge in [-0.25, -0.2) is 0 Å². The Morgan fingerprint density at radius 3 is 2.88 bits per heavy atom. The van der Waals surface area contributed by atoms with Gasteiger partial charge in [0.2, 0.25) is 0 Å². The van der Waals surface area contributed by atoms with Gasteiger partial charge in [0.15, 0.2) is 0 Å². The van der Waals surface area contributed by atoms with Crippen LogP contribution in [0.15, 0.2) is 18.3 Å². The zero-order valence-electron chi connectivity index (χ0n) is 10.1. The summed E-state index contributed by atoms with van der Waals surface area (Å²) in [6.45, 7) is 4.26. The minimum Gasteiger partial charge on any atom is -0.381 e. The first kappa shape index (κ1) is 12.0. The minimum absolute atomic E-state index is 0.0380. The number of pyridine rings is 1.